The highest BCUT2D eigenvalue weighted by atomic mass is 127. The second-order valence-corrected chi connectivity index (χ2v) is 6.92. The van der Waals surface area contributed by atoms with Gasteiger partial charge in [-0.05, 0) is 36.4 Å². The van der Waals surface area contributed by atoms with E-state index in [0.29, 0.717) is 0 Å². The molecule has 102 valence electrons. The molecule has 0 atom stereocenters. The SMILES string of the molecule is COc1ccc([I+]c2ccc(Cl)cc2)c(OC)c1.[Br-]. The molecule has 0 unspecified atom stereocenters. The third kappa shape index (κ3) is 4.54. The first-order chi connectivity index (χ1) is 8.72. The number of methoxy groups -OCH3 is 2. The largest absolute Gasteiger partial charge is 1.00 e. The van der Waals surface area contributed by atoms with Crippen LogP contribution in [-0.4, -0.2) is 14.2 Å². The zero-order chi connectivity index (χ0) is 13.0. The third-order valence-corrected chi connectivity index (χ3v) is 5.44. The molecule has 0 aliphatic carbocycles. The van der Waals surface area contributed by atoms with E-state index in [-0.39, 0.29) is 38.2 Å². The van der Waals surface area contributed by atoms with Gasteiger partial charge in [0.2, 0.25) is 3.57 Å². The van der Waals surface area contributed by atoms with Gasteiger partial charge in [-0.1, -0.05) is 11.6 Å². The van der Waals surface area contributed by atoms with E-state index in [2.05, 4.69) is 18.2 Å². The molecule has 0 fully saturated rings. The molecule has 0 saturated carbocycles. The summed E-state index contributed by atoms with van der Waals surface area (Å²) in [5.41, 5.74) is 0. The predicted octanol–water partition coefficient (Wildman–Crippen LogP) is -2.51. The van der Waals surface area contributed by atoms with Crippen molar-refractivity contribution in [3.8, 4) is 11.5 Å². The van der Waals surface area contributed by atoms with Gasteiger partial charge in [-0.3, -0.25) is 0 Å². The van der Waals surface area contributed by atoms with E-state index in [4.69, 9.17) is 21.1 Å². The topological polar surface area (TPSA) is 18.5 Å². The van der Waals surface area contributed by atoms with Crippen LogP contribution in [0.4, 0.5) is 0 Å². The highest BCUT2D eigenvalue weighted by Gasteiger charge is 2.21. The lowest BCUT2D eigenvalue weighted by Crippen LogP contribution is -3.61. The Hall–Kier alpha value is -0.460. The Morgan fingerprint density at radius 2 is 1.63 bits per heavy atom. The second-order valence-electron chi connectivity index (χ2n) is 3.53. The normalized spacial score (nSPS) is 9.63. The van der Waals surface area contributed by atoms with Crippen LogP contribution in [0.25, 0.3) is 0 Å². The van der Waals surface area contributed by atoms with E-state index in [1.54, 1.807) is 14.2 Å². The van der Waals surface area contributed by atoms with Crippen LogP contribution in [0.1, 0.15) is 0 Å². The molecule has 0 aliphatic rings. The van der Waals surface area contributed by atoms with Crippen LogP contribution < -0.4 is 47.7 Å². The van der Waals surface area contributed by atoms with Gasteiger partial charge in [-0.15, -0.1) is 0 Å². The molecule has 0 aliphatic heterocycles. The van der Waals surface area contributed by atoms with E-state index >= 15 is 0 Å². The van der Waals surface area contributed by atoms with Gasteiger partial charge in [-0.25, -0.2) is 0 Å². The highest BCUT2D eigenvalue weighted by molar-refractivity contribution is 6.30. The number of ether oxygens (including phenoxy) is 2. The molecular weight excluding hydrogens is 442 g/mol. The molecule has 0 bridgehead atoms. The highest BCUT2D eigenvalue weighted by Crippen LogP contribution is 2.18. The van der Waals surface area contributed by atoms with E-state index in [9.17, 15) is 0 Å². The van der Waals surface area contributed by atoms with Crippen LogP contribution >= 0.6 is 11.6 Å². The summed E-state index contributed by atoms with van der Waals surface area (Å²) in [6.07, 6.45) is 0. The van der Waals surface area contributed by atoms with Gasteiger partial charge in [-0.2, -0.15) is 0 Å². The molecule has 2 nitrogen and oxygen atoms in total. The number of rotatable bonds is 4. The van der Waals surface area contributed by atoms with Crippen molar-refractivity contribution < 1.29 is 47.7 Å². The summed E-state index contributed by atoms with van der Waals surface area (Å²) >= 11 is 5.61. The molecule has 2 rings (SSSR count). The van der Waals surface area contributed by atoms with Gasteiger partial charge in [0.1, 0.15) is 5.75 Å². The van der Waals surface area contributed by atoms with Gasteiger partial charge < -0.3 is 26.5 Å². The number of benzene rings is 2. The van der Waals surface area contributed by atoms with Crippen LogP contribution in [0.2, 0.25) is 5.02 Å². The van der Waals surface area contributed by atoms with E-state index in [1.807, 2.05) is 24.3 Å². The Bertz CT molecular complexity index is 531. The molecular formula is C14H13BrClIO2. The number of halogens is 3. The third-order valence-electron chi connectivity index (χ3n) is 2.37. The monoisotopic (exact) mass is 454 g/mol. The maximum atomic E-state index is 5.88. The fraction of sp³-hybridized carbons (Fsp3) is 0.143. The summed E-state index contributed by atoms with van der Waals surface area (Å²) in [6, 6.07) is 13.9. The molecule has 0 aromatic heterocycles. The van der Waals surface area contributed by atoms with Crippen LogP contribution in [0.3, 0.4) is 0 Å². The van der Waals surface area contributed by atoms with Crippen LogP contribution in [0.15, 0.2) is 42.5 Å². The van der Waals surface area contributed by atoms with Crippen molar-refractivity contribution in [3.05, 3.63) is 54.6 Å². The first-order valence-corrected chi connectivity index (χ1v) is 7.89. The smallest absolute Gasteiger partial charge is 0.362 e. The fourth-order valence-corrected chi connectivity index (χ4v) is 3.97. The van der Waals surface area contributed by atoms with Crippen LogP contribution in [-0.2, 0) is 0 Å². The number of hydrogen-bond acceptors (Lipinski definition) is 2. The lowest BCUT2D eigenvalue weighted by atomic mass is 10.3. The van der Waals surface area contributed by atoms with Crippen molar-refractivity contribution in [3.63, 3.8) is 0 Å². The molecule has 0 amide bonds. The Morgan fingerprint density at radius 3 is 2.21 bits per heavy atom. The Kier molecular flexibility index (Phi) is 6.96. The lowest BCUT2D eigenvalue weighted by molar-refractivity contribution is -0.598. The average Bonchev–Trinajstić information content (AvgIpc) is 2.41. The van der Waals surface area contributed by atoms with Gasteiger partial charge in [0.15, 0.2) is 9.32 Å². The Labute approximate surface area is 139 Å². The summed E-state index contributed by atoms with van der Waals surface area (Å²) in [7, 11) is 3.34. The molecule has 0 N–H and O–H groups in total. The van der Waals surface area contributed by atoms with Gasteiger partial charge >= 0.3 is 21.2 Å². The van der Waals surface area contributed by atoms with Crippen molar-refractivity contribution >= 4 is 11.6 Å². The van der Waals surface area contributed by atoms with Crippen molar-refractivity contribution in [1.29, 1.82) is 0 Å². The quantitative estimate of drug-likeness (QED) is 0.475. The minimum atomic E-state index is -0.269. The first-order valence-electron chi connectivity index (χ1n) is 5.35. The summed E-state index contributed by atoms with van der Waals surface area (Å²) in [5, 5.41) is 0.768. The lowest BCUT2D eigenvalue weighted by Gasteiger charge is -2.03. The maximum absolute atomic E-state index is 5.88. The molecule has 2 aromatic carbocycles. The van der Waals surface area contributed by atoms with Crippen molar-refractivity contribution in [2.45, 2.75) is 0 Å². The van der Waals surface area contributed by atoms with Gasteiger partial charge in [0, 0.05) is 11.1 Å². The minimum absolute atomic E-state index is 0. The Balaban J connectivity index is 0.00000180. The standard InChI is InChI=1S/C14H13ClIO2.BrH/c1-17-12-7-8-13(14(9-12)18-2)16-11-5-3-10(15)4-6-11;/h3-9H,1-2H3;1H/q+1;/p-1. The Morgan fingerprint density at radius 1 is 0.947 bits per heavy atom. The second kappa shape index (κ2) is 7.97. The average molecular weight is 456 g/mol. The molecule has 0 radical (unpaired) electrons. The van der Waals surface area contributed by atoms with Crippen molar-refractivity contribution in [1.82, 2.24) is 0 Å². The van der Waals surface area contributed by atoms with Crippen molar-refractivity contribution in [2.24, 2.45) is 0 Å². The zero-order valence-corrected chi connectivity index (χ0v) is 15.0. The molecule has 5 heteroatoms. The molecule has 0 heterocycles. The molecule has 0 spiro atoms. The summed E-state index contributed by atoms with van der Waals surface area (Å²) in [4.78, 5) is 0. The van der Waals surface area contributed by atoms with Crippen LogP contribution in [0, 0.1) is 7.14 Å². The minimum Gasteiger partial charge on any atom is -1.00 e. The summed E-state index contributed by atoms with van der Waals surface area (Å²) < 4.78 is 13.1. The molecule has 19 heavy (non-hydrogen) atoms. The molecule has 2 aromatic rings. The number of hydrogen-bond donors (Lipinski definition) is 0. The van der Waals surface area contributed by atoms with Gasteiger partial charge in [0.25, 0.3) is 0 Å². The van der Waals surface area contributed by atoms with Crippen molar-refractivity contribution in [2.75, 3.05) is 14.2 Å². The van der Waals surface area contributed by atoms with E-state index in [0.717, 1.165) is 16.5 Å². The fourth-order valence-electron chi connectivity index (χ4n) is 1.46. The van der Waals surface area contributed by atoms with Crippen LogP contribution in [0.5, 0.6) is 11.5 Å². The van der Waals surface area contributed by atoms with Gasteiger partial charge in [0.05, 0.1) is 14.2 Å². The van der Waals surface area contributed by atoms with E-state index < -0.39 is 0 Å². The summed E-state index contributed by atoms with van der Waals surface area (Å²) in [5.74, 6) is 1.70. The zero-order valence-electron chi connectivity index (χ0n) is 10.5. The summed E-state index contributed by atoms with van der Waals surface area (Å²) in [6.45, 7) is 0. The van der Waals surface area contributed by atoms with E-state index in [1.165, 1.54) is 7.14 Å². The first kappa shape index (κ1) is 16.6. The predicted molar refractivity (Wildman–Crippen MR) is 68.4 cm³/mol. The maximum Gasteiger partial charge on any atom is 0.362 e. The molecule has 0 saturated heterocycles.